The summed E-state index contributed by atoms with van der Waals surface area (Å²) in [6.45, 7) is 11.3. The third-order valence-electron chi connectivity index (χ3n) is 5.83. The fourth-order valence-corrected chi connectivity index (χ4v) is 4.20. The van der Waals surface area contributed by atoms with Gasteiger partial charge in [-0.25, -0.2) is 0 Å². The number of para-hydroxylation sites is 1. The van der Waals surface area contributed by atoms with Gasteiger partial charge in [0.25, 0.3) is 0 Å². The van der Waals surface area contributed by atoms with E-state index in [2.05, 4.69) is 72.1 Å². The van der Waals surface area contributed by atoms with Crippen molar-refractivity contribution in [3.05, 3.63) is 66.2 Å². The molecule has 2 aromatic carbocycles. The summed E-state index contributed by atoms with van der Waals surface area (Å²) >= 11 is 0. The highest BCUT2D eigenvalue weighted by molar-refractivity contribution is 5.20. The molecule has 0 saturated carbocycles. The Kier molecular flexibility index (Phi) is 9.38. The molecule has 0 N–H and O–H groups in total. The number of hydrogen-bond donors (Lipinski definition) is 0. The van der Waals surface area contributed by atoms with E-state index < -0.39 is 0 Å². The molecule has 0 aromatic heterocycles. The van der Waals surface area contributed by atoms with Crippen LogP contribution in [0.25, 0.3) is 0 Å². The average molecular weight is 413 g/mol. The Labute approximate surface area is 184 Å². The summed E-state index contributed by atoms with van der Waals surface area (Å²) in [5.41, 5.74) is 1.11. The monoisotopic (exact) mass is 412 g/mol. The highest BCUT2D eigenvalue weighted by Gasteiger charge is 2.47. The van der Waals surface area contributed by atoms with Gasteiger partial charge in [-0.3, -0.25) is 4.48 Å². The van der Waals surface area contributed by atoms with E-state index >= 15 is 0 Å². The molecule has 30 heavy (non-hydrogen) atoms. The van der Waals surface area contributed by atoms with Gasteiger partial charge in [-0.15, -0.1) is 0 Å². The van der Waals surface area contributed by atoms with Gasteiger partial charge in [-0.05, 0) is 30.4 Å². The molecule has 0 aliphatic heterocycles. The van der Waals surface area contributed by atoms with Crippen molar-refractivity contribution in [1.29, 1.82) is 0 Å². The second-order valence-electron chi connectivity index (χ2n) is 9.82. The molecule has 3 heteroatoms. The van der Waals surface area contributed by atoms with Crippen molar-refractivity contribution >= 4 is 0 Å². The Morgan fingerprint density at radius 2 is 1.40 bits per heavy atom. The van der Waals surface area contributed by atoms with Gasteiger partial charge in [-0.2, -0.15) is 0 Å². The molecule has 0 spiro atoms. The second-order valence-corrected chi connectivity index (χ2v) is 9.82. The Balaban J connectivity index is 2.18. The van der Waals surface area contributed by atoms with Crippen LogP contribution < -0.4 is 4.74 Å². The zero-order chi connectivity index (χ0) is 22.0. The quantitative estimate of drug-likeness (QED) is 0.211. The van der Waals surface area contributed by atoms with Crippen LogP contribution in [-0.4, -0.2) is 37.5 Å². The summed E-state index contributed by atoms with van der Waals surface area (Å²) < 4.78 is 13.5. The fraction of sp³-hybridized carbons (Fsp3) is 0.556. The summed E-state index contributed by atoms with van der Waals surface area (Å²) in [6, 6.07) is 20.8. The van der Waals surface area contributed by atoms with Gasteiger partial charge in [0.1, 0.15) is 18.9 Å². The Morgan fingerprint density at radius 3 is 1.97 bits per heavy atom. The molecule has 2 aromatic rings. The van der Waals surface area contributed by atoms with Gasteiger partial charge in [0.2, 0.25) is 5.72 Å². The smallest absolute Gasteiger partial charge is 0.203 e. The lowest BCUT2D eigenvalue weighted by Crippen LogP contribution is -2.61. The first-order valence-corrected chi connectivity index (χ1v) is 11.4. The average Bonchev–Trinajstić information content (AvgIpc) is 2.70. The standard InChI is InChI=1S/C27H42NO2/c1-23(2)17-18-27(21-24(3)4,28(5,6)22-25-13-9-7-10-14-25)30-20-19-29-26-15-11-8-12-16-26/h7-16,23-24H,17-22H2,1-6H3/q+1. The van der Waals surface area contributed by atoms with Gasteiger partial charge >= 0.3 is 0 Å². The van der Waals surface area contributed by atoms with Crippen LogP contribution in [-0.2, 0) is 11.3 Å². The topological polar surface area (TPSA) is 18.5 Å². The van der Waals surface area contributed by atoms with Gasteiger partial charge in [0, 0.05) is 18.4 Å². The molecule has 1 atom stereocenters. The molecular weight excluding hydrogens is 370 g/mol. The minimum Gasteiger partial charge on any atom is -0.491 e. The first-order valence-electron chi connectivity index (χ1n) is 11.4. The van der Waals surface area contributed by atoms with Crippen LogP contribution >= 0.6 is 0 Å². The van der Waals surface area contributed by atoms with Gasteiger partial charge in [0.05, 0.1) is 20.7 Å². The molecule has 0 heterocycles. The molecule has 3 nitrogen and oxygen atoms in total. The van der Waals surface area contributed by atoms with E-state index in [1.807, 2.05) is 30.3 Å². The molecule has 2 rings (SSSR count). The Hall–Kier alpha value is -1.84. The SMILES string of the molecule is CC(C)CCC(CC(C)C)(OCCOc1ccccc1)[N+](C)(C)Cc1ccccc1. The number of nitrogens with zero attached hydrogens (tertiary/aromatic N) is 1. The van der Waals surface area contributed by atoms with Crippen LogP contribution in [0.3, 0.4) is 0 Å². The largest absolute Gasteiger partial charge is 0.491 e. The minimum atomic E-state index is -0.242. The first-order chi connectivity index (χ1) is 14.2. The summed E-state index contributed by atoms with van der Waals surface area (Å²) in [7, 11) is 4.65. The molecule has 0 bridgehead atoms. The van der Waals surface area contributed by atoms with E-state index in [9.17, 15) is 0 Å². The van der Waals surface area contributed by atoms with E-state index in [1.54, 1.807) is 0 Å². The van der Waals surface area contributed by atoms with E-state index in [4.69, 9.17) is 9.47 Å². The van der Waals surface area contributed by atoms with Crippen LogP contribution in [0.1, 0.15) is 52.5 Å². The highest BCUT2D eigenvalue weighted by Crippen LogP contribution is 2.37. The maximum atomic E-state index is 6.80. The molecule has 0 fully saturated rings. The van der Waals surface area contributed by atoms with Crippen LogP contribution in [0.5, 0.6) is 5.75 Å². The highest BCUT2D eigenvalue weighted by atomic mass is 16.6. The number of rotatable bonds is 13. The zero-order valence-electron chi connectivity index (χ0n) is 19.9. The number of quaternary nitrogens is 1. The lowest BCUT2D eigenvalue weighted by Gasteiger charge is -2.49. The van der Waals surface area contributed by atoms with E-state index in [1.165, 1.54) is 5.56 Å². The third-order valence-corrected chi connectivity index (χ3v) is 5.83. The van der Waals surface area contributed by atoms with Crippen molar-refractivity contribution in [3.8, 4) is 5.75 Å². The van der Waals surface area contributed by atoms with E-state index in [0.717, 1.165) is 36.0 Å². The van der Waals surface area contributed by atoms with Gasteiger partial charge < -0.3 is 9.47 Å². The van der Waals surface area contributed by atoms with Gasteiger partial charge in [-0.1, -0.05) is 76.2 Å². The van der Waals surface area contributed by atoms with Crippen LogP contribution in [0, 0.1) is 11.8 Å². The van der Waals surface area contributed by atoms with Crippen LogP contribution in [0.15, 0.2) is 60.7 Å². The van der Waals surface area contributed by atoms with E-state index in [0.29, 0.717) is 25.0 Å². The molecule has 1 unspecified atom stereocenters. The number of ether oxygens (including phenoxy) is 2. The van der Waals surface area contributed by atoms with Crippen molar-refractivity contribution in [2.75, 3.05) is 27.3 Å². The number of benzene rings is 2. The zero-order valence-corrected chi connectivity index (χ0v) is 19.9. The van der Waals surface area contributed by atoms with Crippen molar-refractivity contribution in [2.45, 2.75) is 59.2 Å². The normalized spacial score (nSPS) is 14.1. The predicted molar refractivity (Wildman–Crippen MR) is 126 cm³/mol. The molecular formula is C27H42NO2+. The summed E-state index contributed by atoms with van der Waals surface area (Å²) in [6.07, 6.45) is 3.24. The van der Waals surface area contributed by atoms with Gasteiger partial charge in [0.15, 0.2) is 0 Å². The van der Waals surface area contributed by atoms with Crippen molar-refractivity contribution < 1.29 is 14.0 Å². The molecule has 0 aliphatic rings. The summed E-state index contributed by atoms with van der Waals surface area (Å²) in [4.78, 5) is 0. The van der Waals surface area contributed by atoms with Crippen LogP contribution in [0.2, 0.25) is 0 Å². The van der Waals surface area contributed by atoms with Crippen LogP contribution in [0.4, 0.5) is 0 Å². The fourth-order valence-electron chi connectivity index (χ4n) is 4.20. The minimum absolute atomic E-state index is 0.242. The van der Waals surface area contributed by atoms with Crippen molar-refractivity contribution in [1.82, 2.24) is 0 Å². The lowest BCUT2D eigenvalue weighted by atomic mass is 9.89. The van der Waals surface area contributed by atoms with E-state index in [-0.39, 0.29) is 5.72 Å². The Bertz CT molecular complexity index is 712. The summed E-state index contributed by atoms with van der Waals surface area (Å²) in [5, 5.41) is 0. The number of hydrogen-bond acceptors (Lipinski definition) is 2. The molecule has 0 radical (unpaired) electrons. The molecule has 0 aliphatic carbocycles. The lowest BCUT2D eigenvalue weighted by molar-refractivity contribution is -0.981. The first kappa shape index (κ1) is 24.4. The Morgan fingerprint density at radius 1 is 0.800 bits per heavy atom. The third kappa shape index (κ3) is 7.45. The summed E-state index contributed by atoms with van der Waals surface area (Å²) in [5.74, 6) is 2.11. The molecule has 0 saturated heterocycles. The van der Waals surface area contributed by atoms with Crippen molar-refractivity contribution in [2.24, 2.45) is 11.8 Å². The maximum absolute atomic E-state index is 6.80. The predicted octanol–water partition coefficient (Wildman–Crippen LogP) is 6.54. The second kappa shape index (κ2) is 11.5. The molecule has 166 valence electrons. The molecule has 0 amide bonds. The van der Waals surface area contributed by atoms with Crippen molar-refractivity contribution in [3.63, 3.8) is 0 Å². The maximum Gasteiger partial charge on any atom is 0.203 e.